The van der Waals surface area contributed by atoms with Crippen molar-refractivity contribution < 1.29 is 18.0 Å². The van der Waals surface area contributed by atoms with E-state index in [9.17, 15) is 18.0 Å². The van der Waals surface area contributed by atoms with Gasteiger partial charge in [-0.25, -0.2) is 5.01 Å². The fraction of sp³-hybridized carbons (Fsp3) is 0.625. The van der Waals surface area contributed by atoms with Crippen LogP contribution in [0.1, 0.15) is 13.3 Å². The molecule has 0 aromatic carbocycles. The minimum atomic E-state index is -4.59. The summed E-state index contributed by atoms with van der Waals surface area (Å²) >= 11 is 0. The van der Waals surface area contributed by atoms with Crippen LogP contribution in [0.5, 0.6) is 0 Å². The first kappa shape index (κ1) is 11.5. The highest BCUT2D eigenvalue weighted by atomic mass is 19.4. The molecule has 4 nitrogen and oxygen atoms in total. The summed E-state index contributed by atoms with van der Waals surface area (Å²) in [6.45, 7) is 1.06. The van der Waals surface area contributed by atoms with Crippen molar-refractivity contribution in [3.05, 3.63) is 0 Å². The molecule has 15 heavy (non-hydrogen) atoms. The number of carbonyl (C=O) groups is 1. The molecule has 1 amide bonds. The number of hydrogen-bond acceptors (Lipinski definition) is 3. The smallest absolute Gasteiger partial charge is 0.272 e. The van der Waals surface area contributed by atoms with Crippen molar-refractivity contribution in [1.29, 1.82) is 5.26 Å². The van der Waals surface area contributed by atoms with Gasteiger partial charge in [-0.05, 0) is 6.92 Å². The van der Waals surface area contributed by atoms with Crippen molar-refractivity contribution in [1.82, 2.24) is 5.01 Å². The van der Waals surface area contributed by atoms with Gasteiger partial charge in [-0.3, -0.25) is 4.79 Å². The number of hydrazone groups is 1. The van der Waals surface area contributed by atoms with Crippen LogP contribution in [0.2, 0.25) is 0 Å². The third-order valence-electron chi connectivity index (χ3n) is 1.99. The molecular formula is C8H8F3N3O. The Morgan fingerprint density at radius 2 is 2.20 bits per heavy atom. The molecule has 0 saturated carbocycles. The number of carbonyl (C=O) groups excluding carboxylic acids is 1. The van der Waals surface area contributed by atoms with E-state index in [1.54, 1.807) is 6.07 Å². The fourth-order valence-electron chi connectivity index (χ4n) is 1.22. The number of amides is 1. The number of rotatable bonds is 2. The molecule has 0 radical (unpaired) electrons. The van der Waals surface area contributed by atoms with E-state index in [0.29, 0.717) is 5.01 Å². The van der Waals surface area contributed by atoms with Crippen LogP contribution in [0.25, 0.3) is 0 Å². The lowest BCUT2D eigenvalue weighted by Crippen LogP contribution is -2.31. The van der Waals surface area contributed by atoms with Crippen LogP contribution in [0.15, 0.2) is 5.10 Å². The predicted octanol–water partition coefficient (Wildman–Crippen LogP) is 1.30. The van der Waals surface area contributed by atoms with Crippen LogP contribution in [-0.2, 0) is 4.79 Å². The molecule has 0 spiro atoms. The van der Waals surface area contributed by atoms with Gasteiger partial charge in [0.15, 0.2) is 5.71 Å². The number of hydrogen-bond donors (Lipinski definition) is 0. The molecule has 7 heteroatoms. The quantitative estimate of drug-likeness (QED) is 0.702. The van der Waals surface area contributed by atoms with E-state index < -0.39 is 23.7 Å². The second kappa shape index (κ2) is 3.88. The Morgan fingerprint density at radius 3 is 2.60 bits per heavy atom. The summed E-state index contributed by atoms with van der Waals surface area (Å²) in [5.41, 5.74) is -1.09. The standard InChI is InChI=1S/C8H8F3N3O/c1-5-6(8(9,10)11)13-14(7(5)15)4-2-3-12/h5H,2,4H2,1H3. The van der Waals surface area contributed by atoms with Crippen molar-refractivity contribution in [3.8, 4) is 6.07 Å². The second-order valence-electron chi connectivity index (χ2n) is 3.07. The van der Waals surface area contributed by atoms with Crippen molar-refractivity contribution >= 4 is 11.6 Å². The zero-order valence-corrected chi connectivity index (χ0v) is 7.88. The summed E-state index contributed by atoms with van der Waals surface area (Å²) in [7, 11) is 0. The van der Waals surface area contributed by atoms with Crippen LogP contribution in [-0.4, -0.2) is 29.3 Å². The summed E-state index contributed by atoms with van der Waals surface area (Å²) in [6, 6.07) is 1.74. The van der Waals surface area contributed by atoms with Gasteiger partial charge in [0.25, 0.3) is 5.91 Å². The van der Waals surface area contributed by atoms with Gasteiger partial charge in [-0.1, -0.05) is 0 Å². The third-order valence-corrected chi connectivity index (χ3v) is 1.99. The lowest BCUT2D eigenvalue weighted by molar-refractivity contribution is -0.131. The summed E-state index contributed by atoms with van der Waals surface area (Å²) in [5.74, 6) is -1.98. The van der Waals surface area contributed by atoms with Gasteiger partial charge in [0, 0.05) is 0 Å². The first-order valence-electron chi connectivity index (χ1n) is 4.22. The minimum absolute atomic E-state index is 0.0346. The van der Waals surface area contributed by atoms with E-state index in [0.717, 1.165) is 6.92 Å². The summed E-state index contributed by atoms with van der Waals surface area (Å²) < 4.78 is 36.9. The molecule has 0 fully saturated rings. The molecule has 1 aliphatic heterocycles. The molecular weight excluding hydrogens is 211 g/mol. The Hall–Kier alpha value is -1.58. The molecule has 1 aliphatic rings. The number of nitriles is 1. The van der Waals surface area contributed by atoms with Gasteiger partial charge in [-0.2, -0.15) is 23.5 Å². The van der Waals surface area contributed by atoms with Crippen molar-refractivity contribution in [3.63, 3.8) is 0 Å². The van der Waals surface area contributed by atoms with Gasteiger partial charge in [0.1, 0.15) is 0 Å². The van der Waals surface area contributed by atoms with Crippen LogP contribution in [0, 0.1) is 17.2 Å². The van der Waals surface area contributed by atoms with E-state index >= 15 is 0 Å². The number of alkyl halides is 3. The minimum Gasteiger partial charge on any atom is -0.272 e. The normalized spacial score (nSPS) is 21.5. The zero-order valence-electron chi connectivity index (χ0n) is 7.88. The molecule has 0 bridgehead atoms. The number of nitrogens with zero attached hydrogens (tertiary/aromatic N) is 3. The Bertz CT molecular complexity index is 342. The average Bonchev–Trinajstić information content (AvgIpc) is 2.41. The van der Waals surface area contributed by atoms with Gasteiger partial charge < -0.3 is 0 Å². The topological polar surface area (TPSA) is 56.5 Å². The Kier molecular flexibility index (Phi) is 2.98. The average molecular weight is 219 g/mol. The maximum atomic E-state index is 12.3. The lowest BCUT2D eigenvalue weighted by atomic mass is 10.1. The largest absolute Gasteiger partial charge is 0.431 e. The Morgan fingerprint density at radius 1 is 1.60 bits per heavy atom. The van der Waals surface area contributed by atoms with Gasteiger partial charge in [0.2, 0.25) is 0 Å². The second-order valence-corrected chi connectivity index (χ2v) is 3.07. The Balaban J connectivity index is 2.83. The lowest BCUT2D eigenvalue weighted by Gasteiger charge is -2.09. The van der Waals surface area contributed by atoms with Crippen LogP contribution < -0.4 is 0 Å². The van der Waals surface area contributed by atoms with E-state index in [-0.39, 0.29) is 13.0 Å². The zero-order chi connectivity index (χ0) is 11.6. The number of halogens is 3. The van der Waals surface area contributed by atoms with E-state index in [4.69, 9.17) is 5.26 Å². The molecule has 82 valence electrons. The first-order chi connectivity index (χ1) is 6.88. The maximum absolute atomic E-state index is 12.3. The highest BCUT2D eigenvalue weighted by Gasteiger charge is 2.47. The van der Waals surface area contributed by atoms with E-state index in [1.165, 1.54) is 0 Å². The van der Waals surface area contributed by atoms with Crippen LogP contribution in [0.3, 0.4) is 0 Å². The predicted molar refractivity (Wildman–Crippen MR) is 44.6 cm³/mol. The van der Waals surface area contributed by atoms with Gasteiger partial charge in [-0.15, -0.1) is 0 Å². The molecule has 1 rings (SSSR count). The highest BCUT2D eigenvalue weighted by Crippen LogP contribution is 2.28. The van der Waals surface area contributed by atoms with E-state index in [2.05, 4.69) is 5.10 Å². The van der Waals surface area contributed by atoms with Gasteiger partial charge >= 0.3 is 6.18 Å². The molecule has 1 heterocycles. The fourth-order valence-corrected chi connectivity index (χ4v) is 1.22. The van der Waals surface area contributed by atoms with Crippen molar-refractivity contribution in [2.45, 2.75) is 19.5 Å². The maximum Gasteiger partial charge on any atom is 0.431 e. The third kappa shape index (κ3) is 2.26. The molecule has 0 aromatic rings. The van der Waals surface area contributed by atoms with Crippen molar-refractivity contribution in [2.24, 2.45) is 11.0 Å². The first-order valence-corrected chi connectivity index (χ1v) is 4.22. The van der Waals surface area contributed by atoms with Crippen LogP contribution >= 0.6 is 0 Å². The highest BCUT2D eigenvalue weighted by molar-refractivity contribution is 6.10. The van der Waals surface area contributed by atoms with Crippen molar-refractivity contribution in [2.75, 3.05) is 6.54 Å². The summed E-state index contributed by atoms with van der Waals surface area (Å²) in [5, 5.41) is 12.1. The monoisotopic (exact) mass is 219 g/mol. The Labute approximate surface area is 84.0 Å². The van der Waals surface area contributed by atoms with Crippen LogP contribution in [0.4, 0.5) is 13.2 Å². The van der Waals surface area contributed by atoms with Gasteiger partial charge in [0.05, 0.1) is 25.0 Å². The molecule has 1 atom stereocenters. The molecule has 0 N–H and O–H groups in total. The molecule has 0 saturated heterocycles. The SMILES string of the molecule is CC1C(=O)N(CCC#N)N=C1C(F)(F)F. The molecule has 0 aromatic heterocycles. The molecule has 1 unspecified atom stereocenters. The van der Waals surface area contributed by atoms with E-state index in [1.807, 2.05) is 0 Å². The summed E-state index contributed by atoms with van der Waals surface area (Å²) in [6.07, 6.45) is -4.62. The molecule has 0 aliphatic carbocycles. The summed E-state index contributed by atoms with van der Waals surface area (Å²) in [4.78, 5) is 11.3.